The van der Waals surface area contributed by atoms with Crippen LogP contribution in [0, 0.1) is 11.3 Å². The highest BCUT2D eigenvalue weighted by Gasteiger charge is 2.40. The van der Waals surface area contributed by atoms with Gasteiger partial charge < -0.3 is 4.74 Å². The van der Waals surface area contributed by atoms with Gasteiger partial charge >= 0.3 is 5.97 Å². The quantitative estimate of drug-likeness (QED) is 0.398. The highest BCUT2D eigenvalue weighted by atomic mass is 16.5. The van der Waals surface area contributed by atoms with E-state index in [9.17, 15) is 4.79 Å². The van der Waals surface area contributed by atoms with E-state index < -0.39 is 0 Å². The third-order valence-electron chi connectivity index (χ3n) is 5.11. The van der Waals surface area contributed by atoms with Gasteiger partial charge in [0.1, 0.15) is 0 Å². The molecule has 0 amide bonds. The summed E-state index contributed by atoms with van der Waals surface area (Å²) in [4.78, 5) is 11.7. The minimum absolute atomic E-state index is 0.163. The lowest BCUT2D eigenvalue weighted by molar-refractivity contribution is -0.136. The van der Waals surface area contributed by atoms with E-state index in [4.69, 9.17) is 4.74 Å². The number of hydrogen-bond donors (Lipinski definition) is 0. The molecule has 0 aliphatic heterocycles. The molecule has 2 aliphatic rings. The standard InChI is InChI=1S/C16H24O2/c1-11-6-5-7-14-9-8-13(10-16(11,14)3)12(2)15(17)18-4/h7,11H,5-6,8-10H2,1-4H3/b13-12+/t11-,16+/m1/s1. The molecule has 0 radical (unpaired) electrons. The lowest BCUT2D eigenvalue weighted by atomic mass is 9.59. The molecule has 0 saturated heterocycles. The fourth-order valence-electron chi connectivity index (χ4n) is 3.49. The number of fused-ring (bicyclic) bond motifs is 1. The maximum atomic E-state index is 11.7. The van der Waals surface area contributed by atoms with Crippen molar-refractivity contribution in [3.63, 3.8) is 0 Å². The molecule has 2 heteroatoms. The first-order valence-electron chi connectivity index (χ1n) is 6.95. The number of methoxy groups -OCH3 is 1. The molecule has 0 aromatic rings. The average molecular weight is 248 g/mol. The molecule has 18 heavy (non-hydrogen) atoms. The van der Waals surface area contributed by atoms with Crippen LogP contribution in [0.5, 0.6) is 0 Å². The maximum absolute atomic E-state index is 11.7. The summed E-state index contributed by atoms with van der Waals surface area (Å²) in [6.07, 6.45) is 8.09. The van der Waals surface area contributed by atoms with Crippen molar-refractivity contribution in [1.82, 2.24) is 0 Å². The van der Waals surface area contributed by atoms with Crippen molar-refractivity contribution < 1.29 is 9.53 Å². The molecule has 0 N–H and O–H groups in total. The third-order valence-corrected chi connectivity index (χ3v) is 5.11. The van der Waals surface area contributed by atoms with Crippen molar-refractivity contribution in [2.45, 2.75) is 52.9 Å². The van der Waals surface area contributed by atoms with Crippen LogP contribution in [-0.2, 0) is 9.53 Å². The Morgan fingerprint density at radius 3 is 2.83 bits per heavy atom. The lowest BCUT2D eigenvalue weighted by Crippen LogP contribution is -2.34. The van der Waals surface area contributed by atoms with Gasteiger partial charge in [-0.1, -0.05) is 31.1 Å². The predicted octanol–water partition coefficient (Wildman–Crippen LogP) is 4.02. The minimum Gasteiger partial charge on any atom is -0.466 e. The van der Waals surface area contributed by atoms with E-state index in [1.54, 1.807) is 5.57 Å². The smallest absolute Gasteiger partial charge is 0.333 e. The van der Waals surface area contributed by atoms with Gasteiger partial charge in [-0.2, -0.15) is 0 Å². The molecule has 0 bridgehead atoms. The number of carbonyl (C=O) groups excluding carboxylic acids is 1. The van der Waals surface area contributed by atoms with E-state index in [-0.39, 0.29) is 11.4 Å². The van der Waals surface area contributed by atoms with Crippen molar-refractivity contribution in [3.05, 3.63) is 22.8 Å². The number of esters is 1. The van der Waals surface area contributed by atoms with Crippen molar-refractivity contribution in [1.29, 1.82) is 0 Å². The summed E-state index contributed by atoms with van der Waals surface area (Å²) in [5, 5.41) is 0. The Morgan fingerprint density at radius 2 is 2.17 bits per heavy atom. The topological polar surface area (TPSA) is 26.3 Å². The second-order valence-electron chi connectivity index (χ2n) is 6.02. The van der Waals surface area contributed by atoms with E-state index in [1.165, 1.54) is 25.5 Å². The van der Waals surface area contributed by atoms with E-state index >= 15 is 0 Å². The molecule has 100 valence electrons. The van der Waals surface area contributed by atoms with Crippen LogP contribution >= 0.6 is 0 Å². The Hall–Kier alpha value is -1.05. The lowest BCUT2D eigenvalue weighted by Gasteiger charge is -2.45. The number of allylic oxidation sites excluding steroid dienone is 3. The Balaban J connectivity index is 2.30. The Morgan fingerprint density at radius 1 is 1.44 bits per heavy atom. The van der Waals surface area contributed by atoms with Gasteiger partial charge in [-0.15, -0.1) is 0 Å². The van der Waals surface area contributed by atoms with Crippen LogP contribution < -0.4 is 0 Å². The molecule has 0 aromatic carbocycles. The molecule has 2 atom stereocenters. The molecular weight excluding hydrogens is 224 g/mol. The summed E-state index contributed by atoms with van der Waals surface area (Å²) in [5.41, 5.74) is 4.01. The second-order valence-corrected chi connectivity index (χ2v) is 6.02. The molecule has 0 aromatic heterocycles. The predicted molar refractivity (Wildman–Crippen MR) is 73.2 cm³/mol. The van der Waals surface area contributed by atoms with Crippen LogP contribution in [-0.4, -0.2) is 13.1 Å². The SMILES string of the molecule is COC(=O)/C(C)=C1\CCC2=CCC[C@@H](C)[C@]2(C)C1. The number of ether oxygens (including phenoxy) is 1. The molecule has 0 unspecified atom stereocenters. The van der Waals surface area contributed by atoms with Crippen LogP contribution in [0.15, 0.2) is 22.8 Å². The maximum Gasteiger partial charge on any atom is 0.333 e. The van der Waals surface area contributed by atoms with Gasteiger partial charge in [0.05, 0.1) is 7.11 Å². The summed E-state index contributed by atoms with van der Waals surface area (Å²) in [5.74, 6) is 0.544. The Bertz CT molecular complexity index is 417. The van der Waals surface area contributed by atoms with Gasteiger partial charge in [0, 0.05) is 5.57 Å². The summed E-state index contributed by atoms with van der Waals surface area (Å²) in [6.45, 7) is 6.63. The molecule has 0 spiro atoms. The van der Waals surface area contributed by atoms with Crippen molar-refractivity contribution in [2.24, 2.45) is 11.3 Å². The Labute approximate surface area is 110 Å². The zero-order chi connectivity index (χ0) is 13.3. The largest absolute Gasteiger partial charge is 0.466 e. The normalized spacial score (nSPS) is 34.4. The first kappa shape index (κ1) is 13.4. The average Bonchev–Trinajstić information content (AvgIpc) is 2.37. The number of carbonyl (C=O) groups is 1. The summed E-state index contributed by atoms with van der Waals surface area (Å²) >= 11 is 0. The van der Waals surface area contributed by atoms with Gasteiger partial charge in [0.25, 0.3) is 0 Å². The first-order valence-corrected chi connectivity index (χ1v) is 6.95. The van der Waals surface area contributed by atoms with Gasteiger partial charge in [-0.05, 0) is 50.4 Å². The first-order chi connectivity index (χ1) is 8.49. The van der Waals surface area contributed by atoms with Crippen LogP contribution in [0.25, 0.3) is 0 Å². The molecule has 1 saturated carbocycles. The van der Waals surface area contributed by atoms with Crippen molar-refractivity contribution in [3.8, 4) is 0 Å². The van der Waals surface area contributed by atoms with Crippen molar-refractivity contribution in [2.75, 3.05) is 7.11 Å². The third kappa shape index (κ3) is 2.13. The van der Waals surface area contributed by atoms with Crippen LogP contribution in [0.4, 0.5) is 0 Å². The fraction of sp³-hybridized carbons (Fsp3) is 0.688. The summed E-state index contributed by atoms with van der Waals surface area (Å²) < 4.78 is 4.85. The van der Waals surface area contributed by atoms with Gasteiger partial charge in [0.15, 0.2) is 0 Å². The number of rotatable bonds is 1. The highest BCUT2D eigenvalue weighted by molar-refractivity contribution is 5.88. The molecule has 2 rings (SSSR count). The van der Waals surface area contributed by atoms with Crippen molar-refractivity contribution >= 4 is 5.97 Å². The zero-order valence-electron chi connectivity index (χ0n) is 12.0. The molecule has 1 fully saturated rings. The number of hydrogen-bond acceptors (Lipinski definition) is 2. The van der Waals surface area contributed by atoms with Gasteiger partial charge in [0.2, 0.25) is 0 Å². The zero-order valence-corrected chi connectivity index (χ0v) is 12.0. The monoisotopic (exact) mass is 248 g/mol. The highest BCUT2D eigenvalue weighted by Crippen LogP contribution is 2.52. The van der Waals surface area contributed by atoms with Crippen LogP contribution in [0.3, 0.4) is 0 Å². The Kier molecular flexibility index (Phi) is 3.65. The van der Waals surface area contributed by atoms with Gasteiger partial charge in [-0.3, -0.25) is 0 Å². The van der Waals surface area contributed by atoms with E-state index in [0.717, 1.165) is 24.8 Å². The minimum atomic E-state index is -0.163. The second kappa shape index (κ2) is 4.91. The molecule has 0 heterocycles. The van der Waals surface area contributed by atoms with E-state index in [1.807, 2.05) is 6.92 Å². The molecular formula is C16H24O2. The van der Waals surface area contributed by atoms with Crippen LogP contribution in [0.2, 0.25) is 0 Å². The molecule has 2 aliphatic carbocycles. The van der Waals surface area contributed by atoms with Gasteiger partial charge in [-0.25, -0.2) is 4.79 Å². The molecule has 2 nitrogen and oxygen atoms in total. The fourth-order valence-corrected chi connectivity index (χ4v) is 3.49. The van der Waals surface area contributed by atoms with E-state index in [0.29, 0.717) is 5.92 Å². The van der Waals surface area contributed by atoms with Crippen LogP contribution in [0.1, 0.15) is 52.9 Å². The van der Waals surface area contributed by atoms with E-state index in [2.05, 4.69) is 19.9 Å². The summed E-state index contributed by atoms with van der Waals surface area (Å²) in [7, 11) is 1.46. The summed E-state index contributed by atoms with van der Waals surface area (Å²) in [6, 6.07) is 0.